The molecule has 0 aliphatic heterocycles. The molecule has 0 fully saturated rings. The number of alkyl halides is 11. The van der Waals surface area contributed by atoms with Crippen LogP contribution in [0.1, 0.15) is 18.1 Å². The number of aliphatic hydroxyl groups excluding tert-OH is 1. The quantitative estimate of drug-likeness (QED) is 0.509. The van der Waals surface area contributed by atoms with E-state index in [1.54, 1.807) is 0 Å². The van der Waals surface area contributed by atoms with Gasteiger partial charge < -0.3 is 5.11 Å². The van der Waals surface area contributed by atoms with Gasteiger partial charge in [-0.05, 0) is 17.7 Å². The Kier molecular flexibility index (Phi) is 6.00. The van der Waals surface area contributed by atoms with E-state index in [9.17, 15) is 53.4 Å². The Morgan fingerprint density at radius 2 is 1.31 bits per heavy atom. The number of benzene rings is 1. The van der Waals surface area contributed by atoms with Gasteiger partial charge in [-0.25, -0.2) is 0 Å². The third kappa shape index (κ3) is 3.78. The molecule has 1 unspecified atom stereocenters. The molecule has 1 N–H and O–H groups in total. The van der Waals surface area contributed by atoms with Crippen LogP contribution in [-0.4, -0.2) is 35.0 Å². The molecule has 0 heterocycles. The molecule has 1 atom stereocenters. The van der Waals surface area contributed by atoms with E-state index in [2.05, 4.69) is 15.9 Å². The van der Waals surface area contributed by atoms with E-state index in [4.69, 9.17) is 0 Å². The van der Waals surface area contributed by atoms with Gasteiger partial charge in [0, 0.05) is 10.9 Å². The summed E-state index contributed by atoms with van der Waals surface area (Å²) in [4.78, 5) is 0. The van der Waals surface area contributed by atoms with Crippen molar-refractivity contribution in [2.24, 2.45) is 0 Å². The summed E-state index contributed by atoms with van der Waals surface area (Å²) in [6.45, 7) is 0. The second-order valence-corrected chi connectivity index (χ2v) is 6.12. The van der Waals surface area contributed by atoms with Crippen molar-refractivity contribution in [2.75, 3.05) is 0 Å². The summed E-state index contributed by atoms with van der Waals surface area (Å²) < 4.78 is 141. The van der Waals surface area contributed by atoms with Crippen molar-refractivity contribution in [2.45, 2.75) is 42.4 Å². The molecule has 0 aliphatic carbocycles. The van der Waals surface area contributed by atoms with Gasteiger partial charge in [0.1, 0.15) is 0 Å². The van der Waals surface area contributed by atoms with Crippen molar-refractivity contribution >= 4 is 15.9 Å². The van der Waals surface area contributed by atoms with E-state index in [1.165, 1.54) is 6.07 Å². The van der Waals surface area contributed by atoms with Crippen molar-refractivity contribution in [3.8, 4) is 0 Å². The first kappa shape index (κ1) is 22.9. The van der Waals surface area contributed by atoms with Crippen LogP contribution in [0.25, 0.3) is 0 Å². The predicted octanol–water partition coefficient (Wildman–Crippen LogP) is 5.98. The molecule has 1 rings (SSSR count). The fourth-order valence-electron chi connectivity index (χ4n) is 1.81. The molecule has 0 saturated carbocycles. The normalized spacial score (nSPS) is 15.9. The molecule has 1 aromatic rings. The van der Waals surface area contributed by atoms with Crippen LogP contribution < -0.4 is 0 Å². The van der Waals surface area contributed by atoms with Crippen LogP contribution >= 0.6 is 15.9 Å². The van der Waals surface area contributed by atoms with Crippen LogP contribution in [0.15, 0.2) is 28.7 Å². The first-order chi connectivity index (χ1) is 11.4. The Morgan fingerprint density at radius 1 is 0.808 bits per heavy atom. The second kappa shape index (κ2) is 6.80. The molecule has 0 amide bonds. The average molecular weight is 469 g/mol. The molecule has 0 bridgehead atoms. The van der Waals surface area contributed by atoms with Crippen molar-refractivity contribution in [3.05, 3.63) is 34.3 Å². The fourth-order valence-corrected chi connectivity index (χ4v) is 2.22. The van der Waals surface area contributed by atoms with Crippen molar-refractivity contribution in [3.63, 3.8) is 0 Å². The van der Waals surface area contributed by atoms with E-state index in [0.717, 1.165) is 18.2 Å². The molecule has 0 spiro atoms. The molecule has 0 aromatic heterocycles. The highest BCUT2D eigenvalue weighted by atomic mass is 79.9. The SMILES string of the molecule is OC(CC(F)(F)C(F)(F)C(F)(F)C(F)(F)C(F)(F)F)c1cccc(Br)c1. The maximum Gasteiger partial charge on any atom is 0.460 e. The van der Waals surface area contributed by atoms with Crippen LogP contribution in [0.3, 0.4) is 0 Å². The van der Waals surface area contributed by atoms with Crippen LogP contribution in [-0.2, 0) is 0 Å². The van der Waals surface area contributed by atoms with Gasteiger partial charge in [-0.3, -0.25) is 0 Å². The zero-order chi connectivity index (χ0) is 20.8. The van der Waals surface area contributed by atoms with Crippen LogP contribution in [0.4, 0.5) is 48.3 Å². The van der Waals surface area contributed by atoms with Gasteiger partial charge in [-0.1, -0.05) is 28.1 Å². The number of rotatable bonds is 6. The molecular formula is C13H8BrF11O. The van der Waals surface area contributed by atoms with Crippen molar-refractivity contribution in [1.29, 1.82) is 0 Å². The topological polar surface area (TPSA) is 20.2 Å². The zero-order valence-electron chi connectivity index (χ0n) is 12.1. The molecule has 1 aromatic carbocycles. The maximum atomic E-state index is 13.5. The predicted molar refractivity (Wildman–Crippen MR) is 69.6 cm³/mol. The molecule has 0 aliphatic rings. The van der Waals surface area contributed by atoms with E-state index in [1.807, 2.05) is 0 Å². The monoisotopic (exact) mass is 468 g/mol. The number of hydrogen-bond acceptors (Lipinski definition) is 1. The van der Waals surface area contributed by atoms with Gasteiger partial charge in [0.25, 0.3) is 0 Å². The Labute approximate surface area is 146 Å². The minimum Gasteiger partial charge on any atom is -0.388 e. The van der Waals surface area contributed by atoms with Crippen LogP contribution in [0, 0.1) is 0 Å². The first-order valence-electron chi connectivity index (χ1n) is 6.40. The molecular weight excluding hydrogens is 461 g/mol. The van der Waals surface area contributed by atoms with E-state index in [-0.39, 0.29) is 4.47 Å². The third-order valence-corrected chi connectivity index (χ3v) is 3.78. The summed E-state index contributed by atoms with van der Waals surface area (Å²) in [7, 11) is 0. The Bertz CT molecular complexity index is 641. The van der Waals surface area contributed by atoms with Gasteiger partial charge in [-0.15, -0.1) is 0 Å². The summed E-state index contributed by atoms with van der Waals surface area (Å²) in [5, 5.41) is 9.48. The van der Waals surface area contributed by atoms with Gasteiger partial charge in [-0.2, -0.15) is 48.3 Å². The lowest BCUT2D eigenvalue weighted by Crippen LogP contribution is -2.66. The minimum absolute atomic E-state index is 0.165. The first-order valence-corrected chi connectivity index (χ1v) is 7.19. The molecule has 150 valence electrons. The standard InChI is InChI=1S/C13H8BrF11O/c14-7-3-1-2-6(4-7)8(26)5-9(15,16)10(17,18)11(19,20)12(21,22)13(23,24)25/h1-4,8,26H,5H2. The van der Waals surface area contributed by atoms with Crippen molar-refractivity contribution in [1.82, 2.24) is 0 Å². The lowest BCUT2D eigenvalue weighted by molar-refractivity contribution is -0.423. The summed E-state index contributed by atoms with van der Waals surface area (Å²) in [6, 6.07) is 4.32. The molecule has 13 heteroatoms. The zero-order valence-corrected chi connectivity index (χ0v) is 13.7. The van der Waals surface area contributed by atoms with Gasteiger partial charge >= 0.3 is 29.9 Å². The summed E-state index contributed by atoms with van der Waals surface area (Å²) >= 11 is 2.84. The van der Waals surface area contributed by atoms with E-state index >= 15 is 0 Å². The molecule has 0 saturated heterocycles. The Balaban J connectivity index is 3.23. The third-order valence-electron chi connectivity index (χ3n) is 3.29. The van der Waals surface area contributed by atoms with Crippen LogP contribution in [0.5, 0.6) is 0 Å². The Morgan fingerprint density at radius 3 is 1.73 bits per heavy atom. The smallest absolute Gasteiger partial charge is 0.388 e. The average Bonchev–Trinajstić information content (AvgIpc) is 2.44. The molecule has 26 heavy (non-hydrogen) atoms. The Hall–Kier alpha value is -1.11. The minimum atomic E-state index is -7.47. The highest BCUT2D eigenvalue weighted by Crippen LogP contribution is 2.58. The van der Waals surface area contributed by atoms with Gasteiger partial charge in [0.15, 0.2) is 0 Å². The van der Waals surface area contributed by atoms with Gasteiger partial charge in [0.2, 0.25) is 0 Å². The number of hydrogen-bond donors (Lipinski definition) is 1. The summed E-state index contributed by atoms with van der Waals surface area (Å²) in [5.41, 5.74) is -0.485. The number of aliphatic hydroxyl groups is 1. The lowest BCUT2D eigenvalue weighted by atomic mass is 9.92. The maximum absolute atomic E-state index is 13.5. The van der Waals surface area contributed by atoms with E-state index in [0.29, 0.717) is 0 Å². The van der Waals surface area contributed by atoms with Crippen molar-refractivity contribution < 1.29 is 53.4 Å². The highest BCUT2D eigenvalue weighted by molar-refractivity contribution is 9.10. The fraction of sp³-hybridized carbons (Fsp3) is 0.538. The summed E-state index contributed by atoms with van der Waals surface area (Å²) in [6.07, 6.45) is -12.3. The van der Waals surface area contributed by atoms with E-state index < -0.39 is 48.0 Å². The largest absolute Gasteiger partial charge is 0.460 e. The summed E-state index contributed by atoms with van der Waals surface area (Å²) in [5.74, 6) is -28.1. The highest BCUT2D eigenvalue weighted by Gasteiger charge is 2.87. The number of halogens is 12. The lowest BCUT2D eigenvalue weighted by Gasteiger charge is -2.37. The van der Waals surface area contributed by atoms with Crippen LogP contribution in [0.2, 0.25) is 0 Å². The molecule has 0 radical (unpaired) electrons. The van der Waals surface area contributed by atoms with Gasteiger partial charge in [0.05, 0.1) is 6.10 Å². The second-order valence-electron chi connectivity index (χ2n) is 5.20. The molecule has 1 nitrogen and oxygen atoms in total.